The molecular formula is C21H25N3O4S. The Morgan fingerprint density at radius 1 is 1.21 bits per heavy atom. The van der Waals surface area contributed by atoms with Crippen molar-refractivity contribution in [3.63, 3.8) is 0 Å². The van der Waals surface area contributed by atoms with Crippen molar-refractivity contribution >= 4 is 23.3 Å². The van der Waals surface area contributed by atoms with Gasteiger partial charge in [0.25, 0.3) is 0 Å². The molecule has 2 amide bonds. The number of methoxy groups -OCH3 is 1. The van der Waals surface area contributed by atoms with Crippen molar-refractivity contribution in [2.45, 2.75) is 19.5 Å². The van der Waals surface area contributed by atoms with Gasteiger partial charge in [-0.05, 0) is 54.1 Å². The monoisotopic (exact) mass is 415 g/mol. The van der Waals surface area contributed by atoms with Crippen LogP contribution in [0.5, 0.6) is 5.75 Å². The number of esters is 1. The first kappa shape index (κ1) is 20.9. The number of amides is 2. The minimum Gasteiger partial charge on any atom is -0.497 e. The molecule has 0 fully saturated rings. The summed E-state index contributed by atoms with van der Waals surface area (Å²) in [5.74, 6) is 0.256. The Labute approximate surface area is 174 Å². The fraction of sp³-hybridized carbons (Fsp3) is 0.333. The van der Waals surface area contributed by atoms with Crippen LogP contribution in [0.2, 0.25) is 0 Å². The molecule has 0 bridgehead atoms. The third-order valence-corrected chi connectivity index (χ3v) is 5.29. The summed E-state index contributed by atoms with van der Waals surface area (Å²) < 4.78 is 10.5. The van der Waals surface area contributed by atoms with E-state index in [2.05, 4.69) is 22.1 Å². The summed E-state index contributed by atoms with van der Waals surface area (Å²) in [4.78, 5) is 27.2. The van der Waals surface area contributed by atoms with Gasteiger partial charge < -0.3 is 20.1 Å². The molecule has 8 heteroatoms. The topological polar surface area (TPSA) is 79.9 Å². The predicted molar refractivity (Wildman–Crippen MR) is 112 cm³/mol. The smallest absolute Gasteiger partial charge is 0.338 e. The van der Waals surface area contributed by atoms with Crippen molar-refractivity contribution in [1.29, 1.82) is 0 Å². The Bertz CT molecular complexity index is 878. The van der Waals surface area contributed by atoms with E-state index in [-0.39, 0.29) is 12.6 Å². The van der Waals surface area contributed by atoms with Crippen LogP contribution >= 0.6 is 11.3 Å². The highest BCUT2D eigenvalue weighted by atomic mass is 32.1. The van der Waals surface area contributed by atoms with E-state index in [1.165, 1.54) is 5.56 Å². The summed E-state index contributed by atoms with van der Waals surface area (Å²) in [5, 5.41) is 9.75. The van der Waals surface area contributed by atoms with Crippen LogP contribution in [0.25, 0.3) is 0 Å². The van der Waals surface area contributed by atoms with Crippen molar-refractivity contribution in [2.75, 3.05) is 27.3 Å². The maximum absolute atomic E-state index is 12.8. The quantitative estimate of drug-likeness (QED) is 0.648. The van der Waals surface area contributed by atoms with Crippen LogP contribution < -0.4 is 15.4 Å². The van der Waals surface area contributed by atoms with Crippen molar-refractivity contribution in [3.8, 4) is 5.75 Å². The van der Waals surface area contributed by atoms with E-state index in [9.17, 15) is 9.59 Å². The molecule has 0 saturated heterocycles. The number of benzene rings is 1. The first-order valence-electron chi connectivity index (χ1n) is 9.33. The highest BCUT2D eigenvalue weighted by Gasteiger charge is 2.34. The fourth-order valence-corrected chi connectivity index (χ4v) is 3.92. The summed E-state index contributed by atoms with van der Waals surface area (Å²) in [6, 6.07) is 8.38. The van der Waals surface area contributed by atoms with E-state index in [0.29, 0.717) is 30.1 Å². The average molecular weight is 416 g/mol. The van der Waals surface area contributed by atoms with Crippen molar-refractivity contribution in [3.05, 3.63) is 63.5 Å². The number of urea groups is 1. The lowest BCUT2D eigenvalue weighted by molar-refractivity contribution is -0.139. The van der Waals surface area contributed by atoms with Gasteiger partial charge in [-0.1, -0.05) is 12.1 Å². The molecule has 0 saturated carbocycles. The highest BCUT2D eigenvalue weighted by molar-refractivity contribution is 7.07. The normalized spacial score (nSPS) is 16.4. The number of nitrogens with zero attached hydrogens (tertiary/aromatic N) is 1. The first-order valence-corrected chi connectivity index (χ1v) is 10.3. The number of thiophene rings is 1. The van der Waals surface area contributed by atoms with Crippen LogP contribution in [0.4, 0.5) is 4.79 Å². The molecule has 1 aliphatic rings. The number of hydrogen-bond donors (Lipinski definition) is 2. The Hall–Kier alpha value is -2.84. The molecule has 0 aliphatic carbocycles. The summed E-state index contributed by atoms with van der Waals surface area (Å²) in [7, 11) is 3.54. The zero-order valence-corrected chi connectivity index (χ0v) is 17.5. The van der Waals surface area contributed by atoms with Crippen LogP contribution in [0, 0.1) is 0 Å². The van der Waals surface area contributed by atoms with Crippen LogP contribution in [0.1, 0.15) is 24.1 Å². The zero-order chi connectivity index (χ0) is 20.8. The Kier molecular flexibility index (Phi) is 6.90. The van der Waals surface area contributed by atoms with Crippen LogP contribution in [0.3, 0.4) is 0 Å². The Balaban J connectivity index is 1.93. The Morgan fingerprint density at radius 3 is 2.59 bits per heavy atom. The van der Waals surface area contributed by atoms with Gasteiger partial charge in [0.05, 0.1) is 25.3 Å². The molecule has 2 N–H and O–H groups in total. The lowest BCUT2D eigenvalue weighted by Gasteiger charge is -2.31. The number of nitrogens with one attached hydrogen (secondary N) is 2. The van der Waals surface area contributed by atoms with Crippen molar-refractivity contribution < 1.29 is 19.1 Å². The minimum absolute atomic E-state index is 0.254. The number of hydrogen-bond acceptors (Lipinski definition) is 6. The van der Waals surface area contributed by atoms with Gasteiger partial charge in [0, 0.05) is 18.8 Å². The van der Waals surface area contributed by atoms with Gasteiger partial charge in [-0.15, -0.1) is 0 Å². The van der Waals surface area contributed by atoms with Gasteiger partial charge in [-0.3, -0.25) is 4.90 Å². The van der Waals surface area contributed by atoms with E-state index < -0.39 is 12.0 Å². The molecule has 7 nitrogen and oxygen atoms in total. The standard InChI is InChI=1S/C21H25N3O4S/c1-4-28-20(25)18-17(12-24(2)11-14-9-10-29-13-14)22-21(26)23-19(18)15-5-7-16(27-3)8-6-15/h5-10,13,19H,4,11-12H2,1-3H3,(H2,22,23,26)/t19-/m1/s1. The molecule has 1 aliphatic heterocycles. The summed E-state index contributed by atoms with van der Waals surface area (Å²) in [6.07, 6.45) is 0. The summed E-state index contributed by atoms with van der Waals surface area (Å²) in [6.45, 7) is 3.13. The van der Waals surface area contributed by atoms with Gasteiger partial charge in [0.1, 0.15) is 5.75 Å². The Morgan fingerprint density at radius 2 is 1.97 bits per heavy atom. The molecule has 0 spiro atoms. The second kappa shape index (κ2) is 9.58. The van der Waals surface area contributed by atoms with E-state index in [4.69, 9.17) is 9.47 Å². The molecule has 1 aromatic carbocycles. The summed E-state index contributed by atoms with van der Waals surface area (Å²) in [5.41, 5.74) is 2.92. The van der Waals surface area contributed by atoms with E-state index >= 15 is 0 Å². The van der Waals surface area contributed by atoms with Crippen molar-refractivity contribution in [2.24, 2.45) is 0 Å². The van der Waals surface area contributed by atoms with Gasteiger partial charge in [0.15, 0.2) is 0 Å². The molecule has 154 valence electrons. The van der Waals surface area contributed by atoms with Crippen LogP contribution in [-0.4, -0.2) is 44.2 Å². The molecule has 3 rings (SSSR count). The van der Waals surface area contributed by atoms with E-state index in [0.717, 1.165) is 5.56 Å². The first-order chi connectivity index (χ1) is 14.0. The van der Waals surface area contributed by atoms with Gasteiger partial charge in [-0.25, -0.2) is 9.59 Å². The lowest BCUT2D eigenvalue weighted by Crippen LogP contribution is -2.48. The molecule has 2 heterocycles. The second-order valence-corrected chi connectivity index (χ2v) is 7.50. The van der Waals surface area contributed by atoms with Crippen LogP contribution in [0.15, 0.2) is 52.4 Å². The average Bonchev–Trinajstić information content (AvgIpc) is 3.20. The van der Waals surface area contributed by atoms with Gasteiger partial charge >= 0.3 is 12.0 Å². The lowest BCUT2D eigenvalue weighted by atomic mass is 9.95. The maximum atomic E-state index is 12.8. The largest absolute Gasteiger partial charge is 0.497 e. The van der Waals surface area contributed by atoms with E-state index in [1.807, 2.05) is 29.5 Å². The minimum atomic E-state index is -0.599. The number of ether oxygens (including phenoxy) is 2. The molecule has 1 atom stereocenters. The third-order valence-electron chi connectivity index (χ3n) is 4.56. The number of carbonyl (C=O) groups excluding carboxylic acids is 2. The molecular weight excluding hydrogens is 390 g/mol. The number of carbonyl (C=O) groups is 2. The predicted octanol–water partition coefficient (Wildman–Crippen LogP) is 3.06. The zero-order valence-electron chi connectivity index (χ0n) is 16.7. The van der Waals surface area contributed by atoms with Gasteiger partial charge in [0.2, 0.25) is 0 Å². The van der Waals surface area contributed by atoms with Gasteiger partial charge in [-0.2, -0.15) is 11.3 Å². The summed E-state index contributed by atoms with van der Waals surface area (Å²) >= 11 is 1.64. The second-order valence-electron chi connectivity index (χ2n) is 6.72. The molecule has 2 aromatic rings. The van der Waals surface area contributed by atoms with Crippen LogP contribution in [-0.2, 0) is 16.1 Å². The molecule has 1 aromatic heterocycles. The highest BCUT2D eigenvalue weighted by Crippen LogP contribution is 2.29. The SMILES string of the molecule is CCOC(=O)C1=C(CN(C)Cc2ccsc2)NC(=O)N[C@@H]1c1ccc(OC)cc1. The fourth-order valence-electron chi connectivity index (χ4n) is 3.26. The van der Waals surface area contributed by atoms with E-state index in [1.54, 1.807) is 37.5 Å². The molecule has 0 radical (unpaired) electrons. The molecule has 29 heavy (non-hydrogen) atoms. The van der Waals surface area contributed by atoms with Crippen molar-refractivity contribution in [1.82, 2.24) is 15.5 Å². The maximum Gasteiger partial charge on any atom is 0.338 e. The number of rotatable bonds is 8. The molecule has 0 unspecified atom stereocenters. The number of likely N-dealkylation sites (N-methyl/N-ethyl adjacent to an activating group) is 1. The third kappa shape index (κ3) is 5.16.